The fourth-order valence-electron chi connectivity index (χ4n) is 3.42. The monoisotopic (exact) mass is 461 g/mol. The average Bonchev–Trinajstić information content (AvgIpc) is 3.03. The van der Waals surface area contributed by atoms with Gasteiger partial charge in [-0.25, -0.2) is 8.42 Å². The van der Waals surface area contributed by atoms with Gasteiger partial charge in [-0.15, -0.1) is 0 Å². The summed E-state index contributed by atoms with van der Waals surface area (Å²) in [6.45, 7) is 10.3. The van der Waals surface area contributed by atoms with Crippen LogP contribution in [0.1, 0.15) is 33.4 Å². The Kier molecular flexibility index (Phi) is 5.68. The first kappa shape index (κ1) is 20.6. The number of anilines is 1. The summed E-state index contributed by atoms with van der Waals surface area (Å²) in [6.07, 6.45) is 3.60. The van der Waals surface area contributed by atoms with Crippen molar-refractivity contribution in [2.24, 2.45) is 0 Å². The molecule has 7 heteroatoms. The molecule has 1 aromatic heterocycles. The van der Waals surface area contributed by atoms with Crippen LogP contribution in [0.15, 0.2) is 46.0 Å². The van der Waals surface area contributed by atoms with Crippen LogP contribution in [0, 0.1) is 34.6 Å². The largest absolute Gasteiger partial charge is 0.280 e. The van der Waals surface area contributed by atoms with Gasteiger partial charge in [-0.2, -0.15) is 5.10 Å². The Labute approximate surface area is 175 Å². The Bertz CT molecular complexity index is 1120. The lowest BCUT2D eigenvalue weighted by Gasteiger charge is -2.19. The van der Waals surface area contributed by atoms with E-state index in [0.29, 0.717) is 17.1 Å². The van der Waals surface area contributed by atoms with Crippen molar-refractivity contribution in [3.63, 3.8) is 0 Å². The topological polar surface area (TPSA) is 64.0 Å². The molecule has 0 atom stereocenters. The minimum absolute atomic E-state index is 0.370. The van der Waals surface area contributed by atoms with E-state index in [1.807, 2.05) is 59.0 Å². The van der Waals surface area contributed by atoms with Gasteiger partial charge in [0.25, 0.3) is 10.0 Å². The van der Waals surface area contributed by atoms with E-state index < -0.39 is 10.0 Å². The maximum Gasteiger partial charge on any atom is 0.262 e. The molecule has 0 radical (unpaired) electrons. The second-order valence-corrected chi connectivity index (χ2v) is 9.65. The van der Waals surface area contributed by atoms with Gasteiger partial charge in [-0.3, -0.25) is 9.40 Å². The molecule has 3 aromatic rings. The van der Waals surface area contributed by atoms with E-state index in [9.17, 15) is 8.42 Å². The van der Waals surface area contributed by atoms with Crippen molar-refractivity contribution in [3.8, 4) is 0 Å². The van der Waals surface area contributed by atoms with Gasteiger partial charge in [0.15, 0.2) is 0 Å². The molecule has 148 valence electrons. The zero-order valence-corrected chi connectivity index (χ0v) is 19.1. The fraction of sp³-hybridized carbons (Fsp3) is 0.286. The van der Waals surface area contributed by atoms with Gasteiger partial charge in [0, 0.05) is 11.9 Å². The van der Waals surface area contributed by atoms with Crippen LogP contribution < -0.4 is 4.72 Å². The highest BCUT2D eigenvalue weighted by molar-refractivity contribution is 9.10. The van der Waals surface area contributed by atoms with E-state index in [4.69, 9.17) is 0 Å². The highest BCUT2D eigenvalue weighted by Crippen LogP contribution is 2.31. The maximum atomic E-state index is 13.2. The Morgan fingerprint density at radius 1 is 1.00 bits per heavy atom. The summed E-state index contributed by atoms with van der Waals surface area (Å²) in [4.78, 5) is 0.370. The Morgan fingerprint density at radius 3 is 2.18 bits per heavy atom. The molecule has 0 unspecified atom stereocenters. The zero-order valence-electron chi connectivity index (χ0n) is 16.7. The summed E-state index contributed by atoms with van der Waals surface area (Å²) in [6, 6.07) is 7.39. The quantitative estimate of drug-likeness (QED) is 0.578. The highest BCUT2D eigenvalue weighted by Gasteiger charge is 2.23. The molecular formula is C21H24BrN3O2S. The summed E-state index contributed by atoms with van der Waals surface area (Å²) in [5.74, 6) is 0. The predicted molar refractivity (Wildman–Crippen MR) is 116 cm³/mol. The molecule has 28 heavy (non-hydrogen) atoms. The molecule has 0 aliphatic heterocycles. The van der Waals surface area contributed by atoms with Gasteiger partial charge in [0.05, 0.1) is 22.1 Å². The number of rotatable bonds is 5. The van der Waals surface area contributed by atoms with Crippen LogP contribution >= 0.6 is 15.9 Å². The number of hydrogen-bond acceptors (Lipinski definition) is 3. The van der Waals surface area contributed by atoms with E-state index in [0.717, 1.165) is 37.9 Å². The molecular weight excluding hydrogens is 438 g/mol. The van der Waals surface area contributed by atoms with Crippen LogP contribution in [0.4, 0.5) is 5.69 Å². The average molecular weight is 462 g/mol. The number of aromatic nitrogens is 2. The smallest absolute Gasteiger partial charge is 0.262 e. The van der Waals surface area contributed by atoms with Crippen molar-refractivity contribution in [3.05, 3.63) is 74.5 Å². The molecule has 0 amide bonds. The molecule has 3 rings (SSSR count). The molecule has 2 aromatic carbocycles. The van der Waals surface area contributed by atoms with Gasteiger partial charge >= 0.3 is 0 Å². The second-order valence-electron chi connectivity index (χ2n) is 7.12. The van der Waals surface area contributed by atoms with E-state index >= 15 is 0 Å². The van der Waals surface area contributed by atoms with Crippen molar-refractivity contribution in [2.75, 3.05) is 4.72 Å². The third kappa shape index (κ3) is 4.00. The summed E-state index contributed by atoms with van der Waals surface area (Å²) >= 11 is 3.38. The van der Waals surface area contributed by atoms with E-state index in [2.05, 4.69) is 25.8 Å². The minimum atomic E-state index is -3.70. The summed E-state index contributed by atoms with van der Waals surface area (Å²) in [5, 5.41) is 4.24. The van der Waals surface area contributed by atoms with E-state index in [-0.39, 0.29) is 0 Å². The number of halogens is 1. The van der Waals surface area contributed by atoms with E-state index in [1.54, 1.807) is 16.9 Å². The highest BCUT2D eigenvalue weighted by atomic mass is 79.9. The second kappa shape index (κ2) is 7.72. The first-order valence-corrected chi connectivity index (χ1v) is 11.2. The first-order valence-electron chi connectivity index (χ1n) is 8.97. The molecule has 0 saturated heterocycles. The summed E-state index contributed by atoms with van der Waals surface area (Å²) in [7, 11) is -3.70. The van der Waals surface area contributed by atoms with E-state index in [1.165, 1.54) is 0 Å². The maximum absolute atomic E-state index is 13.2. The van der Waals surface area contributed by atoms with Crippen LogP contribution in [0.5, 0.6) is 0 Å². The number of hydrogen-bond donors (Lipinski definition) is 1. The minimum Gasteiger partial charge on any atom is -0.280 e. The molecule has 1 heterocycles. The third-order valence-electron chi connectivity index (χ3n) is 5.33. The Balaban J connectivity index is 1.95. The molecule has 0 aliphatic rings. The lowest BCUT2D eigenvalue weighted by molar-refractivity contribution is 0.599. The standard InChI is InChI=1S/C21H24BrN3O2S/c1-13-14(2)16(4)21(17(5)15(13)3)28(26,27)24-20-8-6-7-18(9-20)11-25-12-19(22)10-23-25/h6-10,12,24H,11H2,1-5H3. The number of nitrogens with zero attached hydrogens (tertiary/aromatic N) is 2. The lowest BCUT2D eigenvalue weighted by atomic mass is 9.95. The fourth-order valence-corrected chi connectivity index (χ4v) is 5.40. The van der Waals surface area contributed by atoms with Crippen molar-refractivity contribution in [2.45, 2.75) is 46.1 Å². The van der Waals surface area contributed by atoms with Gasteiger partial charge in [-0.05, 0) is 96.1 Å². The number of nitrogens with one attached hydrogen (secondary N) is 1. The first-order chi connectivity index (χ1) is 13.1. The molecule has 5 nitrogen and oxygen atoms in total. The van der Waals surface area contributed by atoms with Crippen LogP contribution in [-0.4, -0.2) is 18.2 Å². The molecule has 0 spiro atoms. The van der Waals surface area contributed by atoms with Gasteiger partial charge in [0.1, 0.15) is 0 Å². The van der Waals surface area contributed by atoms with Crippen LogP contribution in [0.3, 0.4) is 0 Å². The number of benzene rings is 2. The van der Waals surface area contributed by atoms with Gasteiger partial charge in [-0.1, -0.05) is 12.1 Å². The van der Waals surface area contributed by atoms with Crippen LogP contribution in [0.2, 0.25) is 0 Å². The number of sulfonamides is 1. The van der Waals surface area contributed by atoms with Gasteiger partial charge in [0.2, 0.25) is 0 Å². The zero-order chi connectivity index (χ0) is 20.6. The van der Waals surface area contributed by atoms with Crippen molar-refractivity contribution < 1.29 is 8.42 Å². The molecule has 0 aliphatic carbocycles. The molecule has 0 saturated carbocycles. The summed E-state index contributed by atoms with van der Waals surface area (Å²) < 4.78 is 31.8. The van der Waals surface area contributed by atoms with Crippen LogP contribution in [0.25, 0.3) is 0 Å². The summed E-state index contributed by atoms with van der Waals surface area (Å²) in [5.41, 5.74) is 6.26. The molecule has 0 bridgehead atoms. The Hall–Kier alpha value is -2.12. The van der Waals surface area contributed by atoms with Crippen LogP contribution in [-0.2, 0) is 16.6 Å². The molecule has 1 N–H and O–H groups in total. The normalized spacial score (nSPS) is 11.6. The Morgan fingerprint density at radius 2 is 1.61 bits per heavy atom. The van der Waals surface area contributed by atoms with Gasteiger partial charge < -0.3 is 0 Å². The van der Waals surface area contributed by atoms with Crippen molar-refractivity contribution in [1.82, 2.24) is 9.78 Å². The van der Waals surface area contributed by atoms with Crippen molar-refractivity contribution >= 4 is 31.6 Å². The predicted octanol–water partition coefficient (Wildman–Crippen LogP) is 5.04. The lowest BCUT2D eigenvalue weighted by Crippen LogP contribution is -2.18. The van der Waals surface area contributed by atoms with Crippen molar-refractivity contribution in [1.29, 1.82) is 0 Å². The molecule has 0 fully saturated rings. The third-order valence-corrected chi connectivity index (χ3v) is 7.39. The SMILES string of the molecule is Cc1c(C)c(C)c(S(=O)(=O)Nc2cccc(Cn3cc(Br)cn3)c2)c(C)c1C.